The number of nitrogen functional groups attached to an aromatic ring is 1. The number of nitrogens with zero attached hydrogens (tertiary/aromatic N) is 2. The van der Waals surface area contributed by atoms with Crippen LogP contribution in [0.15, 0.2) is 24.3 Å². The van der Waals surface area contributed by atoms with E-state index in [1.54, 1.807) is 29.9 Å². The number of ether oxygens (including phenoxy) is 1. The highest BCUT2D eigenvalue weighted by Gasteiger charge is 2.11. The molecule has 1 aromatic carbocycles. The minimum Gasteiger partial charge on any atom is -0.489 e. The third-order valence-electron chi connectivity index (χ3n) is 2.80. The van der Waals surface area contributed by atoms with Crippen LogP contribution in [0.25, 0.3) is 0 Å². The number of hydrogen-bond acceptors (Lipinski definition) is 3. The Labute approximate surface area is 116 Å². The molecule has 19 heavy (non-hydrogen) atoms. The van der Waals surface area contributed by atoms with Gasteiger partial charge in [0.2, 0.25) is 0 Å². The Balaban J connectivity index is 2.14. The van der Waals surface area contributed by atoms with E-state index in [4.69, 9.17) is 27.5 Å². The molecule has 5 nitrogen and oxygen atoms in total. The highest BCUT2D eigenvalue weighted by atomic mass is 35.5. The predicted molar refractivity (Wildman–Crippen MR) is 74.7 cm³/mol. The first-order chi connectivity index (χ1) is 8.99. The van der Waals surface area contributed by atoms with Crippen molar-refractivity contribution in [2.45, 2.75) is 13.5 Å². The van der Waals surface area contributed by atoms with Gasteiger partial charge in [-0.15, -0.1) is 0 Å². The summed E-state index contributed by atoms with van der Waals surface area (Å²) >= 11 is 6.13. The molecule has 100 valence electrons. The third kappa shape index (κ3) is 2.88. The molecule has 2 rings (SSSR count). The van der Waals surface area contributed by atoms with Gasteiger partial charge in [0.05, 0.1) is 5.69 Å². The number of aryl methyl sites for hydroxylation is 2. The summed E-state index contributed by atoms with van der Waals surface area (Å²) in [6, 6.07) is 7.09. The zero-order valence-electron chi connectivity index (χ0n) is 10.8. The van der Waals surface area contributed by atoms with Crippen LogP contribution in [-0.2, 0) is 13.7 Å². The summed E-state index contributed by atoms with van der Waals surface area (Å²) in [4.78, 5) is 0. The van der Waals surface area contributed by atoms with E-state index in [1.165, 1.54) is 0 Å². The van der Waals surface area contributed by atoms with E-state index in [0.717, 1.165) is 11.3 Å². The van der Waals surface area contributed by atoms with Gasteiger partial charge in [-0.25, -0.2) is 0 Å². The largest absolute Gasteiger partial charge is 0.489 e. The van der Waals surface area contributed by atoms with Crippen molar-refractivity contribution in [1.29, 1.82) is 5.41 Å². The average Bonchev–Trinajstić information content (AvgIpc) is 2.61. The fraction of sp³-hybridized carbons (Fsp3) is 0.231. The van der Waals surface area contributed by atoms with Gasteiger partial charge in [-0.05, 0) is 19.1 Å². The third-order valence-corrected chi connectivity index (χ3v) is 3.27. The van der Waals surface area contributed by atoms with Crippen LogP contribution in [0.1, 0.15) is 16.8 Å². The molecule has 0 radical (unpaired) electrons. The maximum Gasteiger partial charge on any atom is 0.133 e. The van der Waals surface area contributed by atoms with Crippen molar-refractivity contribution >= 4 is 17.4 Å². The maximum atomic E-state index is 7.39. The van der Waals surface area contributed by atoms with Crippen LogP contribution in [0.3, 0.4) is 0 Å². The van der Waals surface area contributed by atoms with Crippen LogP contribution in [0.2, 0.25) is 5.15 Å². The lowest BCUT2D eigenvalue weighted by Gasteiger charge is -2.07. The first kappa shape index (κ1) is 13.4. The summed E-state index contributed by atoms with van der Waals surface area (Å²) in [6.07, 6.45) is 0. The van der Waals surface area contributed by atoms with Crippen molar-refractivity contribution in [2.75, 3.05) is 0 Å². The van der Waals surface area contributed by atoms with E-state index in [9.17, 15) is 0 Å². The van der Waals surface area contributed by atoms with Gasteiger partial charge in [0.15, 0.2) is 0 Å². The Morgan fingerprint density at radius 3 is 2.84 bits per heavy atom. The smallest absolute Gasteiger partial charge is 0.133 e. The van der Waals surface area contributed by atoms with E-state index in [1.807, 2.05) is 13.0 Å². The van der Waals surface area contributed by atoms with Crippen molar-refractivity contribution in [3.05, 3.63) is 46.2 Å². The highest BCUT2D eigenvalue weighted by Crippen LogP contribution is 2.21. The van der Waals surface area contributed by atoms with E-state index < -0.39 is 0 Å². The summed E-state index contributed by atoms with van der Waals surface area (Å²) in [5, 5.41) is 12.2. The zero-order chi connectivity index (χ0) is 14.0. The molecule has 0 atom stereocenters. The Morgan fingerprint density at radius 2 is 2.26 bits per heavy atom. The zero-order valence-corrected chi connectivity index (χ0v) is 11.5. The van der Waals surface area contributed by atoms with E-state index in [-0.39, 0.29) is 5.84 Å². The minimum absolute atomic E-state index is 0.0149. The van der Waals surface area contributed by atoms with Crippen molar-refractivity contribution in [1.82, 2.24) is 9.78 Å². The van der Waals surface area contributed by atoms with Gasteiger partial charge in [-0.3, -0.25) is 10.1 Å². The lowest BCUT2D eigenvalue weighted by atomic mass is 10.2. The summed E-state index contributed by atoms with van der Waals surface area (Å²) in [7, 11) is 1.79. The Hall–Kier alpha value is -2.01. The second kappa shape index (κ2) is 5.32. The maximum absolute atomic E-state index is 7.39. The predicted octanol–water partition coefficient (Wildman–Crippen LogP) is 2.24. The monoisotopic (exact) mass is 278 g/mol. The number of halogens is 1. The van der Waals surface area contributed by atoms with Crippen molar-refractivity contribution < 1.29 is 4.74 Å². The normalized spacial score (nSPS) is 10.5. The summed E-state index contributed by atoms with van der Waals surface area (Å²) in [6.45, 7) is 2.22. The Kier molecular flexibility index (Phi) is 3.76. The summed E-state index contributed by atoms with van der Waals surface area (Å²) in [5.74, 6) is 0.660. The molecule has 0 fully saturated rings. The molecule has 0 unspecified atom stereocenters. The number of hydrogen-bond donors (Lipinski definition) is 2. The molecule has 1 heterocycles. The first-order valence-corrected chi connectivity index (χ1v) is 6.12. The molecular weight excluding hydrogens is 264 g/mol. The number of benzene rings is 1. The van der Waals surface area contributed by atoms with Crippen molar-refractivity contribution in [3.8, 4) is 5.75 Å². The SMILES string of the molecule is Cc1nn(C)c(Cl)c1COc1cccc(C(=N)N)c1. The van der Waals surface area contributed by atoms with Gasteiger partial charge in [0.1, 0.15) is 23.3 Å². The molecular formula is C13H15ClN4O. The number of nitrogens with two attached hydrogens (primary N) is 1. The molecule has 0 aliphatic rings. The fourth-order valence-corrected chi connectivity index (χ4v) is 1.98. The van der Waals surface area contributed by atoms with Crippen LogP contribution < -0.4 is 10.5 Å². The molecule has 0 aliphatic heterocycles. The Bertz CT molecular complexity index is 621. The average molecular weight is 279 g/mol. The van der Waals surface area contributed by atoms with Gasteiger partial charge >= 0.3 is 0 Å². The van der Waals surface area contributed by atoms with Crippen molar-refractivity contribution in [2.24, 2.45) is 12.8 Å². The number of aromatic nitrogens is 2. The van der Waals surface area contributed by atoms with Crippen LogP contribution in [0, 0.1) is 12.3 Å². The molecule has 0 saturated heterocycles. The molecule has 0 saturated carbocycles. The van der Waals surface area contributed by atoms with E-state index >= 15 is 0 Å². The first-order valence-electron chi connectivity index (χ1n) is 5.74. The lowest BCUT2D eigenvalue weighted by Crippen LogP contribution is -2.10. The quantitative estimate of drug-likeness (QED) is 0.665. The molecule has 2 aromatic rings. The van der Waals surface area contributed by atoms with Crippen molar-refractivity contribution in [3.63, 3.8) is 0 Å². The number of amidine groups is 1. The molecule has 6 heteroatoms. The summed E-state index contributed by atoms with van der Waals surface area (Å²) < 4.78 is 7.28. The molecule has 3 N–H and O–H groups in total. The molecule has 0 spiro atoms. The highest BCUT2D eigenvalue weighted by molar-refractivity contribution is 6.30. The standard InChI is InChI=1S/C13H15ClN4O/c1-8-11(12(14)18(2)17-8)7-19-10-5-3-4-9(6-10)13(15)16/h3-6H,7H2,1-2H3,(H3,15,16). The van der Waals surface area contributed by atoms with E-state index in [2.05, 4.69) is 5.10 Å². The van der Waals surface area contributed by atoms with Gasteiger partial charge in [0, 0.05) is 18.2 Å². The topological polar surface area (TPSA) is 76.9 Å². The van der Waals surface area contributed by atoms with Crippen LogP contribution >= 0.6 is 11.6 Å². The lowest BCUT2D eigenvalue weighted by molar-refractivity contribution is 0.305. The fourth-order valence-electron chi connectivity index (χ4n) is 1.75. The Morgan fingerprint density at radius 1 is 1.53 bits per heavy atom. The molecule has 1 aromatic heterocycles. The second-order valence-corrected chi connectivity index (χ2v) is 4.57. The molecule has 0 aliphatic carbocycles. The van der Waals surface area contributed by atoms with Gasteiger partial charge in [-0.1, -0.05) is 23.7 Å². The molecule has 0 amide bonds. The van der Waals surface area contributed by atoms with Crippen LogP contribution in [-0.4, -0.2) is 15.6 Å². The van der Waals surface area contributed by atoms with Crippen LogP contribution in [0.5, 0.6) is 5.75 Å². The van der Waals surface area contributed by atoms with E-state index in [0.29, 0.717) is 23.1 Å². The van der Waals surface area contributed by atoms with Gasteiger partial charge in [-0.2, -0.15) is 5.10 Å². The molecule has 0 bridgehead atoms. The number of rotatable bonds is 4. The number of nitrogens with one attached hydrogen (secondary N) is 1. The van der Waals surface area contributed by atoms with Crippen LogP contribution in [0.4, 0.5) is 0 Å². The van der Waals surface area contributed by atoms with Gasteiger partial charge < -0.3 is 10.5 Å². The summed E-state index contributed by atoms with van der Waals surface area (Å²) in [5.41, 5.74) is 7.77. The van der Waals surface area contributed by atoms with Gasteiger partial charge in [0.25, 0.3) is 0 Å². The minimum atomic E-state index is 0.0149. The second-order valence-electron chi connectivity index (χ2n) is 4.21.